The van der Waals surface area contributed by atoms with Crippen molar-refractivity contribution in [2.75, 3.05) is 20.7 Å². The smallest absolute Gasteiger partial charge is 0.323 e. The standard InChI is InChI=1S/C12H16N2O4/c1-14(8-11(15)16)12(17)13-7-9-4-3-5-10(6-9)18-2/h3-6H,7-8H2,1-2H3,(H,13,17)(H,15,16). The van der Waals surface area contributed by atoms with Crippen LogP contribution in [-0.2, 0) is 11.3 Å². The molecule has 0 aromatic heterocycles. The third-order valence-electron chi connectivity index (χ3n) is 2.30. The normalized spacial score (nSPS) is 9.67. The third kappa shape index (κ3) is 4.32. The molecule has 2 N–H and O–H groups in total. The number of carbonyl (C=O) groups is 2. The molecule has 98 valence electrons. The first-order chi connectivity index (χ1) is 8.52. The molecule has 0 aliphatic carbocycles. The number of likely N-dealkylation sites (N-methyl/N-ethyl adjacent to an activating group) is 1. The molecular weight excluding hydrogens is 236 g/mol. The van der Waals surface area contributed by atoms with E-state index in [1.165, 1.54) is 7.05 Å². The molecule has 0 saturated carbocycles. The first kappa shape index (κ1) is 13.8. The van der Waals surface area contributed by atoms with Gasteiger partial charge in [-0.15, -0.1) is 0 Å². The van der Waals surface area contributed by atoms with E-state index in [0.29, 0.717) is 12.3 Å². The van der Waals surface area contributed by atoms with Gasteiger partial charge in [0.2, 0.25) is 0 Å². The highest BCUT2D eigenvalue weighted by atomic mass is 16.5. The van der Waals surface area contributed by atoms with E-state index < -0.39 is 12.0 Å². The van der Waals surface area contributed by atoms with Crippen molar-refractivity contribution in [1.29, 1.82) is 0 Å². The van der Waals surface area contributed by atoms with Crippen molar-refractivity contribution in [1.82, 2.24) is 10.2 Å². The predicted octanol–water partition coefficient (Wildman–Crippen LogP) is 0.921. The minimum Gasteiger partial charge on any atom is -0.497 e. The number of urea groups is 1. The summed E-state index contributed by atoms with van der Waals surface area (Å²) in [5.74, 6) is -0.338. The number of carboxylic acid groups (broad SMARTS) is 1. The molecule has 0 heterocycles. The number of rotatable bonds is 5. The van der Waals surface area contributed by atoms with Gasteiger partial charge < -0.3 is 20.1 Å². The van der Waals surface area contributed by atoms with E-state index in [0.717, 1.165) is 10.5 Å². The maximum Gasteiger partial charge on any atom is 0.323 e. The number of nitrogens with one attached hydrogen (secondary N) is 1. The first-order valence-corrected chi connectivity index (χ1v) is 5.36. The molecule has 1 aromatic carbocycles. The van der Waals surface area contributed by atoms with Crippen LogP contribution in [0.2, 0.25) is 0 Å². The summed E-state index contributed by atoms with van der Waals surface area (Å²) in [4.78, 5) is 23.1. The van der Waals surface area contributed by atoms with Crippen LogP contribution in [0.1, 0.15) is 5.56 Å². The second kappa shape index (κ2) is 6.48. The minimum atomic E-state index is -1.05. The maximum atomic E-state index is 11.5. The Kier molecular flexibility index (Phi) is 4.98. The summed E-state index contributed by atoms with van der Waals surface area (Å²) < 4.78 is 5.06. The Labute approximate surface area is 105 Å². The molecule has 6 heteroatoms. The van der Waals surface area contributed by atoms with E-state index in [4.69, 9.17) is 9.84 Å². The summed E-state index contributed by atoms with van der Waals surface area (Å²) in [6.07, 6.45) is 0. The Hall–Kier alpha value is -2.24. The Morgan fingerprint density at radius 3 is 2.78 bits per heavy atom. The minimum absolute atomic E-state index is 0.319. The fourth-order valence-electron chi connectivity index (χ4n) is 1.37. The fourth-order valence-corrected chi connectivity index (χ4v) is 1.37. The lowest BCUT2D eigenvalue weighted by Crippen LogP contribution is -2.39. The van der Waals surface area contributed by atoms with Gasteiger partial charge in [0.05, 0.1) is 7.11 Å². The number of benzene rings is 1. The lowest BCUT2D eigenvalue weighted by molar-refractivity contribution is -0.137. The number of carboxylic acids is 1. The molecule has 0 saturated heterocycles. The van der Waals surface area contributed by atoms with E-state index in [1.807, 2.05) is 18.2 Å². The van der Waals surface area contributed by atoms with Crippen LogP contribution < -0.4 is 10.1 Å². The van der Waals surface area contributed by atoms with Gasteiger partial charge in [-0.2, -0.15) is 0 Å². The predicted molar refractivity (Wildman–Crippen MR) is 65.5 cm³/mol. The van der Waals surface area contributed by atoms with Crippen molar-refractivity contribution in [2.45, 2.75) is 6.54 Å². The summed E-state index contributed by atoms with van der Waals surface area (Å²) in [5, 5.41) is 11.2. The van der Waals surface area contributed by atoms with Crippen LogP contribution >= 0.6 is 0 Å². The number of methoxy groups -OCH3 is 1. The van der Waals surface area contributed by atoms with Crippen LogP contribution in [0.5, 0.6) is 5.75 Å². The number of hydrogen-bond donors (Lipinski definition) is 2. The Morgan fingerprint density at radius 2 is 2.17 bits per heavy atom. The van der Waals surface area contributed by atoms with Gasteiger partial charge >= 0.3 is 12.0 Å². The molecule has 18 heavy (non-hydrogen) atoms. The average molecular weight is 252 g/mol. The van der Waals surface area contributed by atoms with Gasteiger partial charge in [-0.25, -0.2) is 4.79 Å². The van der Waals surface area contributed by atoms with Crippen molar-refractivity contribution in [3.63, 3.8) is 0 Å². The van der Waals surface area contributed by atoms with E-state index in [9.17, 15) is 9.59 Å². The molecule has 0 radical (unpaired) electrons. The number of amides is 2. The van der Waals surface area contributed by atoms with Gasteiger partial charge in [-0.1, -0.05) is 12.1 Å². The van der Waals surface area contributed by atoms with Crippen molar-refractivity contribution in [2.24, 2.45) is 0 Å². The molecule has 1 rings (SSSR count). The van der Waals surface area contributed by atoms with E-state index in [1.54, 1.807) is 13.2 Å². The highest BCUT2D eigenvalue weighted by Crippen LogP contribution is 2.12. The molecule has 0 spiro atoms. The van der Waals surface area contributed by atoms with Gasteiger partial charge in [0, 0.05) is 13.6 Å². The van der Waals surface area contributed by atoms with E-state index in [-0.39, 0.29) is 6.54 Å². The Bertz CT molecular complexity index is 434. The summed E-state index contributed by atoms with van der Waals surface area (Å²) in [5.41, 5.74) is 0.881. The summed E-state index contributed by atoms with van der Waals surface area (Å²) in [6, 6.07) is 6.85. The molecule has 0 aliphatic heterocycles. The number of hydrogen-bond acceptors (Lipinski definition) is 3. The topological polar surface area (TPSA) is 78.9 Å². The van der Waals surface area contributed by atoms with Crippen molar-refractivity contribution in [3.05, 3.63) is 29.8 Å². The summed E-state index contributed by atoms with van der Waals surface area (Å²) >= 11 is 0. The van der Waals surface area contributed by atoms with Crippen molar-refractivity contribution in [3.8, 4) is 5.75 Å². The second-order valence-corrected chi connectivity index (χ2v) is 3.76. The van der Waals surface area contributed by atoms with Crippen molar-refractivity contribution >= 4 is 12.0 Å². The molecule has 0 unspecified atom stereocenters. The van der Waals surface area contributed by atoms with Crippen LogP contribution in [-0.4, -0.2) is 42.7 Å². The summed E-state index contributed by atoms with van der Waals surface area (Å²) in [7, 11) is 2.99. The molecule has 2 amide bonds. The van der Waals surface area contributed by atoms with Gasteiger partial charge in [-0.05, 0) is 17.7 Å². The second-order valence-electron chi connectivity index (χ2n) is 3.76. The monoisotopic (exact) mass is 252 g/mol. The van der Waals surface area contributed by atoms with E-state index in [2.05, 4.69) is 5.32 Å². The van der Waals surface area contributed by atoms with Crippen LogP contribution in [0, 0.1) is 0 Å². The first-order valence-electron chi connectivity index (χ1n) is 5.36. The highest BCUT2D eigenvalue weighted by molar-refractivity contribution is 5.79. The molecule has 0 bridgehead atoms. The maximum absolute atomic E-state index is 11.5. The molecule has 6 nitrogen and oxygen atoms in total. The number of carbonyl (C=O) groups excluding carboxylic acids is 1. The van der Waals surface area contributed by atoms with Gasteiger partial charge in [0.25, 0.3) is 0 Å². The number of aliphatic carboxylic acids is 1. The van der Waals surface area contributed by atoms with Gasteiger partial charge in [-0.3, -0.25) is 4.79 Å². The third-order valence-corrected chi connectivity index (χ3v) is 2.30. The zero-order valence-corrected chi connectivity index (χ0v) is 10.3. The largest absolute Gasteiger partial charge is 0.497 e. The lowest BCUT2D eigenvalue weighted by Gasteiger charge is -2.15. The molecule has 1 aromatic rings. The quantitative estimate of drug-likeness (QED) is 0.816. The number of nitrogens with zero attached hydrogens (tertiary/aromatic N) is 1. The average Bonchev–Trinajstić information content (AvgIpc) is 2.35. The van der Waals surface area contributed by atoms with Gasteiger partial charge in [0.1, 0.15) is 12.3 Å². The summed E-state index contributed by atoms with van der Waals surface area (Å²) in [6.45, 7) is -0.00998. The zero-order valence-electron chi connectivity index (χ0n) is 10.3. The van der Waals surface area contributed by atoms with E-state index >= 15 is 0 Å². The SMILES string of the molecule is COc1cccc(CNC(=O)N(C)CC(=O)O)c1. The highest BCUT2D eigenvalue weighted by Gasteiger charge is 2.11. The number of ether oxygens (including phenoxy) is 1. The van der Waals surface area contributed by atoms with Crippen molar-refractivity contribution < 1.29 is 19.4 Å². The molecular formula is C12H16N2O4. The Balaban J connectivity index is 2.49. The molecule has 0 aliphatic rings. The van der Waals surface area contributed by atoms with Crippen LogP contribution in [0.3, 0.4) is 0 Å². The van der Waals surface area contributed by atoms with Gasteiger partial charge in [0.15, 0.2) is 0 Å². The van der Waals surface area contributed by atoms with Crippen LogP contribution in [0.15, 0.2) is 24.3 Å². The molecule has 0 atom stereocenters. The lowest BCUT2D eigenvalue weighted by atomic mass is 10.2. The molecule has 0 fully saturated rings. The zero-order chi connectivity index (χ0) is 13.5. The Morgan fingerprint density at radius 1 is 1.44 bits per heavy atom. The van der Waals surface area contributed by atoms with Crippen LogP contribution in [0.4, 0.5) is 4.79 Å². The fraction of sp³-hybridized carbons (Fsp3) is 0.333. The van der Waals surface area contributed by atoms with Crippen LogP contribution in [0.25, 0.3) is 0 Å².